The van der Waals surface area contributed by atoms with Crippen LogP contribution in [0.2, 0.25) is 0 Å². The molecule has 4 rings (SSSR count). The Bertz CT molecular complexity index is 1150. The Morgan fingerprint density at radius 1 is 1.00 bits per heavy atom. The van der Waals surface area contributed by atoms with Gasteiger partial charge in [0.2, 0.25) is 10.0 Å². The van der Waals surface area contributed by atoms with Crippen LogP contribution in [0.1, 0.15) is 54.1 Å². The molecule has 0 aromatic heterocycles. The molecule has 0 saturated carbocycles. The van der Waals surface area contributed by atoms with E-state index in [0.29, 0.717) is 18.7 Å². The van der Waals surface area contributed by atoms with Crippen LogP contribution in [0.5, 0.6) is 5.75 Å². The van der Waals surface area contributed by atoms with E-state index in [4.69, 9.17) is 4.74 Å². The number of benzene rings is 2. The minimum Gasteiger partial charge on any atom is -0.489 e. The molecule has 1 aliphatic carbocycles. The van der Waals surface area contributed by atoms with Gasteiger partial charge in [0, 0.05) is 30.8 Å². The fraction of sp³-hybridized carbons (Fsp3) is 0.423. The van der Waals surface area contributed by atoms with Crippen LogP contribution in [0, 0.1) is 0 Å². The van der Waals surface area contributed by atoms with E-state index < -0.39 is 10.0 Å². The quantitative estimate of drug-likeness (QED) is 0.616. The molecule has 2 aromatic carbocycles. The monoisotopic (exact) mass is 468 g/mol. The van der Waals surface area contributed by atoms with Gasteiger partial charge in [0.25, 0.3) is 0 Å². The molecular formula is C26H32N2O4S. The first-order valence-corrected chi connectivity index (χ1v) is 13.5. The van der Waals surface area contributed by atoms with Crippen molar-refractivity contribution in [3.8, 4) is 5.75 Å². The van der Waals surface area contributed by atoms with Gasteiger partial charge in [0.15, 0.2) is 5.78 Å². The van der Waals surface area contributed by atoms with E-state index in [2.05, 4.69) is 16.5 Å². The molecule has 0 bridgehead atoms. The number of anilines is 1. The molecule has 33 heavy (non-hydrogen) atoms. The van der Waals surface area contributed by atoms with Crippen LogP contribution in [0.25, 0.3) is 5.57 Å². The summed E-state index contributed by atoms with van der Waals surface area (Å²) in [5, 5.41) is 0. The summed E-state index contributed by atoms with van der Waals surface area (Å²) in [6.07, 6.45) is 5.52. The average molecular weight is 469 g/mol. The number of Topliss-reactive ketones (excluding diaryl/α,β-unsaturated/α-hetero) is 1. The van der Waals surface area contributed by atoms with Gasteiger partial charge < -0.3 is 9.64 Å². The predicted molar refractivity (Wildman–Crippen MR) is 132 cm³/mol. The van der Waals surface area contributed by atoms with Crippen LogP contribution in [-0.4, -0.2) is 51.6 Å². The second-order valence-electron chi connectivity index (χ2n) is 8.91. The fourth-order valence-corrected chi connectivity index (χ4v) is 5.24. The van der Waals surface area contributed by atoms with Gasteiger partial charge in [-0.25, -0.2) is 8.42 Å². The van der Waals surface area contributed by atoms with Crippen molar-refractivity contribution in [2.24, 2.45) is 0 Å². The summed E-state index contributed by atoms with van der Waals surface area (Å²) in [6, 6.07) is 13.4. The number of sulfonamides is 1. The standard InChI is InChI=1S/C26H32N2O4S/c1-3-14-28-15-12-21(18-32-23-10-6-20-7-11-26(29)25(20)17-23)24(13-16-28)19-4-8-22(9-5-19)27-33(2,30)31/h4-6,8-10,17,27H,3,7,11-16,18H2,1-2H3. The Balaban J connectivity index is 1.56. The topological polar surface area (TPSA) is 75.7 Å². The summed E-state index contributed by atoms with van der Waals surface area (Å²) in [4.78, 5) is 14.6. The maximum atomic E-state index is 12.1. The molecule has 0 spiro atoms. The van der Waals surface area contributed by atoms with E-state index >= 15 is 0 Å². The second kappa shape index (κ2) is 10.1. The SMILES string of the molecule is CCCN1CCC(COc2ccc3c(c2)C(=O)CC3)=C(c2ccc(NS(C)(=O)=O)cc2)CC1. The second-order valence-corrected chi connectivity index (χ2v) is 10.7. The summed E-state index contributed by atoms with van der Waals surface area (Å²) in [6.45, 7) is 5.73. The molecule has 0 amide bonds. The van der Waals surface area contributed by atoms with Gasteiger partial charge >= 0.3 is 0 Å². The Morgan fingerprint density at radius 3 is 2.48 bits per heavy atom. The first kappa shape index (κ1) is 23.5. The van der Waals surface area contributed by atoms with Crippen LogP contribution < -0.4 is 9.46 Å². The smallest absolute Gasteiger partial charge is 0.229 e. The fourth-order valence-electron chi connectivity index (χ4n) is 4.68. The molecule has 7 heteroatoms. The van der Waals surface area contributed by atoms with Crippen LogP contribution in [0.4, 0.5) is 5.69 Å². The van der Waals surface area contributed by atoms with Crippen molar-refractivity contribution in [3.63, 3.8) is 0 Å². The number of nitrogens with one attached hydrogen (secondary N) is 1. The summed E-state index contributed by atoms with van der Waals surface area (Å²) in [7, 11) is -3.31. The van der Waals surface area contributed by atoms with Crippen LogP contribution in [0.3, 0.4) is 0 Å². The molecular weight excluding hydrogens is 436 g/mol. The zero-order valence-corrected chi connectivity index (χ0v) is 20.2. The van der Waals surface area contributed by atoms with Gasteiger partial charge in [-0.05, 0) is 78.8 Å². The highest BCUT2D eigenvalue weighted by atomic mass is 32.2. The number of carbonyl (C=O) groups is 1. The van der Waals surface area contributed by atoms with Gasteiger partial charge in [-0.1, -0.05) is 25.1 Å². The van der Waals surface area contributed by atoms with Crippen molar-refractivity contribution in [3.05, 3.63) is 64.7 Å². The molecule has 2 aromatic rings. The van der Waals surface area contributed by atoms with E-state index in [1.165, 1.54) is 11.1 Å². The highest BCUT2D eigenvalue weighted by Crippen LogP contribution is 2.31. The third-order valence-electron chi connectivity index (χ3n) is 6.33. The van der Waals surface area contributed by atoms with Crippen LogP contribution >= 0.6 is 0 Å². The maximum absolute atomic E-state index is 12.1. The normalized spacial score (nSPS) is 17.1. The number of hydrogen-bond acceptors (Lipinski definition) is 5. The Labute approximate surface area is 196 Å². The molecule has 0 fully saturated rings. The van der Waals surface area contributed by atoms with Gasteiger partial charge in [-0.3, -0.25) is 9.52 Å². The predicted octanol–water partition coefficient (Wildman–Crippen LogP) is 4.53. The molecule has 0 atom stereocenters. The highest BCUT2D eigenvalue weighted by molar-refractivity contribution is 7.92. The van der Waals surface area contributed by atoms with Crippen LogP contribution in [0.15, 0.2) is 48.0 Å². The minimum atomic E-state index is -3.31. The third kappa shape index (κ3) is 6.03. The van der Waals surface area contributed by atoms with E-state index in [0.717, 1.165) is 74.0 Å². The molecule has 0 unspecified atom stereocenters. The first-order chi connectivity index (χ1) is 15.8. The van der Waals surface area contributed by atoms with Gasteiger partial charge in [0.05, 0.1) is 6.26 Å². The lowest BCUT2D eigenvalue weighted by molar-refractivity contribution is 0.0994. The van der Waals surface area contributed by atoms with Crippen LogP contribution in [-0.2, 0) is 16.4 Å². The number of fused-ring (bicyclic) bond motifs is 1. The Hall–Kier alpha value is -2.64. The van der Waals surface area contributed by atoms with E-state index in [-0.39, 0.29) is 5.78 Å². The van der Waals surface area contributed by atoms with Gasteiger partial charge in [-0.15, -0.1) is 0 Å². The molecule has 176 valence electrons. The average Bonchev–Trinajstić information content (AvgIpc) is 3.02. The number of ether oxygens (including phenoxy) is 1. The lowest BCUT2D eigenvalue weighted by Gasteiger charge is -2.18. The first-order valence-electron chi connectivity index (χ1n) is 11.6. The number of carbonyl (C=O) groups excluding carboxylic acids is 1. The Morgan fingerprint density at radius 2 is 1.76 bits per heavy atom. The summed E-state index contributed by atoms with van der Waals surface area (Å²) < 4.78 is 31.8. The van der Waals surface area contributed by atoms with Crippen molar-refractivity contribution < 1.29 is 17.9 Å². The molecule has 6 nitrogen and oxygen atoms in total. The van der Waals surface area contributed by atoms with Crippen molar-refractivity contribution in [1.82, 2.24) is 4.90 Å². The summed E-state index contributed by atoms with van der Waals surface area (Å²) in [5.74, 6) is 0.932. The van der Waals surface area contributed by atoms with Crippen molar-refractivity contribution in [1.29, 1.82) is 0 Å². The van der Waals surface area contributed by atoms with Crippen molar-refractivity contribution >= 4 is 27.1 Å². The highest BCUT2D eigenvalue weighted by Gasteiger charge is 2.21. The largest absolute Gasteiger partial charge is 0.489 e. The van der Waals surface area contributed by atoms with Gasteiger partial charge in [0.1, 0.15) is 12.4 Å². The van der Waals surface area contributed by atoms with E-state index in [9.17, 15) is 13.2 Å². The Kier molecular flexibility index (Phi) is 7.20. The van der Waals surface area contributed by atoms with E-state index in [1.54, 1.807) is 0 Å². The molecule has 1 heterocycles. The molecule has 2 aliphatic rings. The number of aryl methyl sites for hydroxylation is 1. The lowest BCUT2D eigenvalue weighted by Crippen LogP contribution is -2.25. The van der Waals surface area contributed by atoms with Crippen molar-refractivity contribution in [2.45, 2.75) is 39.0 Å². The maximum Gasteiger partial charge on any atom is 0.229 e. The molecule has 0 saturated heterocycles. The number of hydrogen-bond donors (Lipinski definition) is 1. The molecule has 0 radical (unpaired) electrons. The van der Waals surface area contributed by atoms with Crippen molar-refractivity contribution in [2.75, 3.05) is 37.2 Å². The molecule has 1 aliphatic heterocycles. The number of rotatable bonds is 8. The summed E-state index contributed by atoms with van der Waals surface area (Å²) in [5.41, 5.74) is 6.07. The lowest BCUT2D eigenvalue weighted by atomic mass is 9.96. The minimum absolute atomic E-state index is 0.197. The zero-order valence-electron chi connectivity index (χ0n) is 19.4. The zero-order chi connectivity index (χ0) is 23.4. The van der Waals surface area contributed by atoms with Gasteiger partial charge in [-0.2, -0.15) is 0 Å². The molecule has 1 N–H and O–H groups in total. The summed E-state index contributed by atoms with van der Waals surface area (Å²) >= 11 is 0. The number of ketones is 1. The third-order valence-corrected chi connectivity index (χ3v) is 6.93. The van der Waals surface area contributed by atoms with E-state index in [1.807, 2.05) is 42.5 Å². The number of nitrogens with zero attached hydrogens (tertiary/aromatic N) is 1.